The molecule has 0 fully saturated rings. The molecule has 0 unspecified atom stereocenters. The Morgan fingerprint density at radius 3 is 2.90 bits per heavy atom. The molecule has 0 aliphatic rings. The minimum absolute atomic E-state index is 0.0665. The lowest BCUT2D eigenvalue weighted by molar-refractivity contribution is -0.384. The van der Waals surface area contributed by atoms with Gasteiger partial charge in [-0.2, -0.15) is 0 Å². The van der Waals surface area contributed by atoms with E-state index in [0.717, 1.165) is 0 Å². The third-order valence-corrected chi connectivity index (χ3v) is 2.88. The number of benzene rings is 1. The summed E-state index contributed by atoms with van der Waals surface area (Å²) in [4.78, 5) is 14.8. The van der Waals surface area contributed by atoms with E-state index in [1.54, 1.807) is 18.2 Å². The number of para-hydroxylation sites is 1. The molecule has 0 spiro atoms. The van der Waals surface area contributed by atoms with Crippen molar-refractivity contribution in [2.75, 3.05) is 5.32 Å². The van der Waals surface area contributed by atoms with Crippen LogP contribution in [0.4, 0.5) is 11.4 Å². The topological polar surface area (TPSA) is 94.1 Å². The fourth-order valence-electron chi connectivity index (χ4n) is 1.96. The summed E-state index contributed by atoms with van der Waals surface area (Å²) in [6, 6.07) is 8.94. The minimum atomic E-state index is -0.456. The highest BCUT2D eigenvalue weighted by Crippen LogP contribution is 2.31. The molecule has 1 aromatic carbocycles. The summed E-state index contributed by atoms with van der Waals surface area (Å²) in [5.74, 6) is 0.597. The summed E-state index contributed by atoms with van der Waals surface area (Å²) in [7, 11) is 0. The van der Waals surface area contributed by atoms with Crippen LogP contribution in [-0.2, 0) is 6.54 Å². The molecule has 100 valence electrons. The lowest BCUT2D eigenvalue weighted by atomic mass is 10.1. The maximum atomic E-state index is 11.1. The van der Waals surface area contributed by atoms with Crippen molar-refractivity contribution in [1.82, 2.24) is 10.1 Å². The van der Waals surface area contributed by atoms with Crippen LogP contribution in [0.25, 0.3) is 10.9 Å². The van der Waals surface area contributed by atoms with Gasteiger partial charge in [-0.25, -0.2) is 4.98 Å². The molecule has 0 radical (unpaired) electrons. The molecule has 0 amide bonds. The van der Waals surface area contributed by atoms with Gasteiger partial charge in [-0.05, 0) is 6.07 Å². The minimum Gasteiger partial charge on any atom is -0.372 e. The second-order valence-electron chi connectivity index (χ2n) is 4.12. The quantitative estimate of drug-likeness (QED) is 0.578. The Morgan fingerprint density at radius 2 is 2.15 bits per heavy atom. The molecule has 3 rings (SSSR count). The first-order valence-electron chi connectivity index (χ1n) is 5.91. The number of anilines is 1. The molecule has 2 aromatic heterocycles. The average molecular weight is 270 g/mol. The lowest BCUT2D eigenvalue weighted by Gasteiger charge is -2.08. The number of nitrogens with one attached hydrogen (secondary N) is 1. The molecule has 1 N–H and O–H groups in total. The number of rotatable bonds is 4. The maximum absolute atomic E-state index is 11.1. The van der Waals surface area contributed by atoms with Gasteiger partial charge in [-0.15, -0.1) is 0 Å². The second-order valence-corrected chi connectivity index (χ2v) is 4.12. The van der Waals surface area contributed by atoms with Gasteiger partial charge in [0.1, 0.15) is 11.9 Å². The second kappa shape index (κ2) is 4.96. The molecule has 20 heavy (non-hydrogen) atoms. The summed E-state index contributed by atoms with van der Waals surface area (Å²) in [5, 5.41) is 18.4. The number of hydrogen-bond donors (Lipinski definition) is 1. The Hall–Kier alpha value is -2.96. The SMILES string of the molecule is O=[N+]([O-])c1cnc2ccccc2c1NCc1ccno1. The lowest BCUT2D eigenvalue weighted by Crippen LogP contribution is -2.03. The Bertz CT molecular complexity index is 755. The summed E-state index contributed by atoms with van der Waals surface area (Å²) >= 11 is 0. The first kappa shape index (κ1) is 12.1. The van der Waals surface area contributed by atoms with Crippen LogP contribution in [0, 0.1) is 10.1 Å². The van der Waals surface area contributed by atoms with Crippen molar-refractivity contribution in [3.63, 3.8) is 0 Å². The van der Waals surface area contributed by atoms with E-state index in [1.807, 2.05) is 12.1 Å². The zero-order chi connectivity index (χ0) is 13.9. The number of fused-ring (bicyclic) bond motifs is 1. The van der Waals surface area contributed by atoms with Crippen molar-refractivity contribution in [2.45, 2.75) is 6.54 Å². The monoisotopic (exact) mass is 270 g/mol. The van der Waals surface area contributed by atoms with E-state index in [1.165, 1.54) is 12.4 Å². The number of aromatic nitrogens is 2. The number of pyridine rings is 1. The van der Waals surface area contributed by atoms with Crippen LogP contribution in [0.1, 0.15) is 5.76 Å². The largest absolute Gasteiger partial charge is 0.372 e. The van der Waals surface area contributed by atoms with Crippen molar-refractivity contribution in [3.8, 4) is 0 Å². The van der Waals surface area contributed by atoms with Crippen molar-refractivity contribution in [2.24, 2.45) is 0 Å². The Balaban J connectivity index is 2.05. The average Bonchev–Trinajstić information content (AvgIpc) is 2.97. The van der Waals surface area contributed by atoms with Crippen molar-refractivity contribution < 1.29 is 9.45 Å². The molecule has 0 saturated carbocycles. The van der Waals surface area contributed by atoms with Crippen LogP contribution in [0.2, 0.25) is 0 Å². The van der Waals surface area contributed by atoms with E-state index in [2.05, 4.69) is 15.5 Å². The van der Waals surface area contributed by atoms with Gasteiger partial charge in [0.05, 0.1) is 23.2 Å². The van der Waals surface area contributed by atoms with Gasteiger partial charge < -0.3 is 9.84 Å². The number of nitro groups is 1. The summed E-state index contributed by atoms with van der Waals surface area (Å²) in [5.41, 5.74) is 1.05. The van der Waals surface area contributed by atoms with Gasteiger partial charge in [0.2, 0.25) is 0 Å². The Labute approximate surface area is 113 Å². The van der Waals surface area contributed by atoms with Gasteiger partial charge in [-0.1, -0.05) is 23.4 Å². The molecule has 0 bridgehead atoms. The predicted octanol–water partition coefficient (Wildman–Crippen LogP) is 2.74. The summed E-state index contributed by atoms with van der Waals surface area (Å²) in [6.45, 7) is 0.314. The van der Waals surface area contributed by atoms with E-state index in [4.69, 9.17) is 4.52 Å². The van der Waals surface area contributed by atoms with Crippen LogP contribution >= 0.6 is 0 Å². The fraction of sp³-hybridized carbons (Fsp3) is 0.0769. The van der Waals surface area contributed by atoms with Crippen molar-refractivity contribution >= 4 is 22.3 Å². The summed E-state index contributed by atoms with van der Waals surface area (Å²) in [6.07, 6.45) is 2.78. The normalized spacial score (nSPS) is 10.6. The van der Waals surface area contributed by atoms with Crippen molar-refractivity contribution in [1.29, 1.82) is 0 Å². The number of nitrogens with zero attached hydrogens (tertiary/aromatic N) is 3. The molecule has 2 heterocycles. The van der Waals surface area contributed by atoms with E-state index in [0.29, 0.717) is 28.9 Å². The van der Waals surface area contributed by atoms with E-state index in [-0.39, 0.29) is 5.69 Å². The van der Waals surface area contributed by atoms with Gasteiger partial charge in [-0.3, -0.25) is 10.1 Å². The third kappa shape index (κ3) is 2.16. The molecular formula is C13H10N4O3. The zero-order valence-corrected chi connectivity index (χ0v) is 10.3. The first-order chi connectivity index (χ1) is 9.75. The van der Waals surface area contributed by atoms with Crippen LogP contribution < -0.4 is 5.32 Å². The third-order valence-electron chi connectivity index (χ3n) is 2.88. The molecule has 7 heteroatoms. The van der Waals surface area contributed by atoms with Crippen LogP contribution in [-0.4, -0.2) is 15.1 Å². The highest BCUT2D eigenvalue weighted by atomic mass is 16.6. The molecule has 3 aromatic rings. The molecule has 0 atom stereocenters. The van der Waals surface area contributed by atoms with E-state index >= 15 is 0 Å². The molecule has 7 nitrogen and oxygen atoms in total. The smallest absolute Gasteiger partial charge is 0.311 e. The molecule has 0 saturated heterocycles. The fourth-order valence-corrected chi connectivity index (χ4v) is 1.96. The zero-order valence-electron chi connectivity index (χ0n) is 10.3. The van der Waals surface area contributed by atoms with Gasteiger partial charge in [0, 0.05) is 11.5 Å². The highest BCUT2D eigenvalue weighted by molar-refractivity contribution is 5.95. The predicted molar refractivity (Wildman–Crippen MR) is 72.2 cm³/mol. The van der Waals surface area contributed by atoms with Gasteiger partial charge in [0.25, 0.3) is 0 Å². The number of hydrogen-bond acceptors (Lipinski definition) is 6. The van der Waals surface area contributed by atoms with Gasteiger partial charge >= 0.3 is 5.69 Å². The first-order valence-corrected chi connectivity index (χ1v) is 5.91. The standard InChI is InChI=1S/C13H10N4O3/c18-17(19)12-8-14-11-4-2-1-3-10(11)13(12)15-7-9-5-6-16-20-9/h1-6,8H,7H2,(H,14,15). The van der Waals surface area contributed by atoms with E-state index < -0.39 is 4.92 Å². The van der Waals surface area contributed by atoms with Crippen molar-refractivity contribution in [3.05, 3.63) is 58.6 Å². The Kier molecular flexibility index (Phi) is 3.00. The summed E-state index contributed by atoms with van der Waals surface area (Å²) < 4.78 is 4.97. The highest BCUT2D eigenvalue weighted by Gasteiger charge is 2.17. The van der Waals surface area contributed by atoms with Gasteiger partial charge in [0.15, 0.2) is 5.76 Å². The molecular weight excluding hydrogens is 260 g/mol. The van der Waals surface area contributed by atoms with Crippen LogP contribution in [0.3, 0.4) is 0 Å². The molecule has 0 aliphatic heterocycles. The van der Waals surface area contributed by atoms with Crippen LogP contribution in [0.15, 0.2) is 47.2 Å². The molecule has 0 aliphatic carbocycles. The Morgan fingerprint density at radius 1 is 1.30 bits per heavy atom. The van der Waals surface area contributed by atoms with Crippen LogP contribution in [0.5, 0.6) is 0 Å². The maximum Gasteiger partial charge on any atom is 0.311 e. The van der Waals surface area contributed by atoms with E-state index in [9.17, 15) is 10.1 Å².